The Morgan fingerprint density at radius 2 is 2.27 bits per heavy atom. The highest BCUT2D eigenvalue weighted by Crippen LogP contribution is 2.24. The molecule has 1 unspecified atom stereocenters. The van der Waals surface area contributed by atoms with E-state index in [4.69, 9.17) is 0 Å². The molecule has 1 amide bonds. The number of thiophene rings is 1. The zero-order valence-electron chi connectivity index (χ0n) is 12.8. The second-order valence-electron chi connectivity index (χ2n) is 5.16. The van der Waals surface area contributed by atoms with Crippen molar-refractivity contribution in [1.82, 2.24) is 14.9 Å². The summed E-state index contributed by atoms with van der Waals surface area (Å²) in [6, 6.07) is 1.86. The van der Waals surface area contributed by atoms with Crippen molar-refractivity contribution < 1.29 is 4.79 Å². The third-order valence-corrected chi connectivity index (χ3v) is 4.84. The molecule has 2 heterocycles. The predicted octanol–water partition coefficient (Wildman–Crippen LogP) is 2.65. The molecule has 0 spiro atoms. The first-order valence-corrected chi connectivity index (χ1v) is 8.76. The summed E-state index contributed by atoms with van der Waals surface area (Å²) in [6.45, 7) is 9.70. The Kier molecular flexibility index (Phi) is 5.42. The lowest BCUT2D eigenvalue weighted by molar-refractivity contribution is -0.120. The second-order valence-corrected chi connectivity index (χ2v) is 7.36. The number of aromatic nitrogens is 2. The minimum absolute atomic E-state index is 0.0642. The van der Waals surface area contributed by atoms with E-state index < -0.39 is 0 Å². The molecule has 0 bridgehead atoms. The van der Waals surface area contributed by atoms with Gasteiger partial charge in [0.15, 0.2) is 5.16 Å². The van der Waals surface area contributed by atoms with Crippen LogP contribution in [0.2, 0.25) is 0 Å². The first-order chi connectivity index (χ1) is 10.4. The van der Waals surface area contributed by atoms with Gasteiger partial charge in [0.2, 0.25) is 5.91 Å². The van der Waals surface area contributed by atoms with Gasteiger partial charge in [-0.05, 0) is 32.2 Å². The van der Waals surface area contributed by atoms with Gasteiger partial charge in [-0.3, -0.25) is 14.2 Å². The largest absolute Gasteiger partial charge is 0.353 e. The molecule has 0 saturated heterocycles. The lowest BCUT2D eigenvalue weighted by atomic mass is 10.3. The molecule has 7 heteroatoms. The molecule has 2 rings (SSSR count). The SMILES string of the molecule is C=CCn1c(SC(C)C(=O)NC(C)C)nc2sccc2c1=O. The van der Waals surface area contributed by atoms with Crippen LogP contribution in [0.1, 0.15) is 20.8 Å². The van der Waals surface area contributed by atoms with Gasteiger partial charge in [-0.25, -0.2) is 4.98 Å². The summed E-state index contributed by atoms with van der Waals surface area (Å²) < 4.78 is 1.56. The van der Waals surface area contributed by atoms with Gasteiger partial charge >= 0.3 is 0 Å². The molecule has 0 aliphatic carbocycles. The topological polar surface area (TPSA) is 64.0 Å². The van der Waals surface area contributed by atoms with Crippen LogP contribution < -0.4 is 10.9 Å². The minimum atomic E-state index is -0.331. The second kappa shape index (κ2) is 7.11. The average molecular weight is 337 g/mol. The van der Waals surface area contributed by atoms with Crippen LogP contribution in [0.4, 0.5) is 0 Å². The van der Waals surface area contributed by atoms with E-state index >= 15 is 0 Å². The number of carbonyl (C=O) groups is 1. The fraction of sp³-hybridized carbons (Fsp3) is 0.400. The molecule has 0 aromatic carbocycles. The van der Waals surface area contributed by atoms with Gasteiger partial charge in [-0.1, -0.05) is 17.8 Å². The number of nitrogens with one attached hydrogen (secondary N) is 1. The molecule has 0 aliphatic rings. The van der Waals surface area contributed by atoms with E-state index in [2.05, 4.69) is 16.9 Å². The number of thioether (sulfide) groups is 1. The lowest BCUT2D eigenvalue weighted by Crippen LogP contribution is -2.36. The maximum atomic E-state index is 12.5. The number of carbonyl (C=O) groups excluding carboxylic acids is 1. The standard InChI is InChI=1S/C15H19N3O2S2/c1-5-7-18-14(20)11-6-8-21-13(11)17-15(18)22-10(4)12(19)16-9(2)3/h5-6,8-10H,1,7H2,2-4H3,(H,16,19). The highest BCUT2D eigenvalue weighted by molar-refractivity contribution is 8.00. The number of rotatable bonds is 6. The third-order valence-electron chi connectivity index (χ3n) is 2.94. The van der Waals surface area contributed by atoms with Crippen LogP contribution in [0, 0.1) is 0 Å². The lowest BCUT2D eigenvalue weighted by Gasteiger charge is -2.16. The van der Waals surface area contributed by atoms with E-state index in [9.17, 15) is 9.59 Å². The first kappa shape index (κ1) is 16.8. The molecule has 0 radical (unpaired) electrons. The molecular formula is C15H19N3O2S2. The summed E-state index contributed by atoms with van der Waals surface area (Å²) in [6.07, 6.45) is 1.66. The summed E-state index contributed by atoms with van der Waals surface area (Å²) in [4.78, 5) is 29.8. The molecular weight excluding hydrogens is 318 g/mol. The zero-order valence-corrected chi connectivity index (χ0v) is 14.5. The molecule has 2 aromatic rings. The van der Waals surface area contributed by atoms with Crippen molar-refractivity contribution >= 4 is 39.2 Å². The maximum Gasteiger partial charge on any atom is 0.263 e. The molecule has 2 aromatic heterocycles. The Morgan fingerprint density at radius 3 is 2.91 bits per heavy atom. The van der Waals surface area contributed by atoms with E-state index in [-0.39, 0.29) is 22.8 Å². The fourth-order valence-corrected chi connectivity index (χ4v) is 3.66. The van der Waals surface area contributed by atoms with Gasteiger partial charge < -0.3 is 5.32 Å². The van der Waals surface area contributed by atoms with Crippen LogP contribution in [-0.2, 0) is 11.3 Å². The number of hydrogen-bond acceptors (Lipinski definition) is 5. The molecule has 1 N–H and O–H groups in total. The zero-order chi connectivity index (χ0) is 16.3. The number of allylic oxidation sites excluding steroid dienone is 1. The summed E-state index contributed by atoms with van der Waals surface area (Å²) in [7, 11) is 0. The smallest absolute Gasteiger partial charge is 0.263 e. The van der Waals surface area contributed by atoms with Crippen LogP contribution in [0.5, 0.6) is 0 Å². The Labute approximate surface area is 137 Å². The number of nitrogens with zero attached hydrogens (tertiary/aromatic N) is 2. The quantitative estimate of drug-likeness (QED) is 0.500. The number of amides is 1. The van der Waals surface area contributed by atoms with E-state index in [0.717, 1.165) is 0 Å². The van der Waals surface area contributed by atoms with Gasteiger partial charge in [0.25, 0.3) is 5.56 Å². The van der Waals surface area contributed by atoms with Crippen LogP contribution in [0.25, 0.3) is 10.2 Å². The van der Waals surface area contributed by atoms with Crippen molar-refractivity contribution in [1.29, 1.82) is 0 Å². The van der Waals surface area contributed by atoms with E-state index in [1.165, 1.54) is 23.1 Å². The number of hydrogen-bond donors (Lipinski definition) is 1. The average Bonchev–Trinajstić information content (AvgIpc) is 2.90. The maximum absolute atomic E-state index is 12.5. The summed E-state index contributed by atoms with van der Waals surface area (Å²) in [5.41, 5.74) is -0.0925. The summed E-state index contributed by atoms with van der Waals surface area (Å²) in [5, 5.41) is 5.54. The monoisotopic (exact) mass is 337 g/mol. The van der Waals surface area contributed by atoms with Gasteiger partial charge in [0, 0.05) is 12.6 Å². The molecule has 118 valence electrons. The van der Waals surface area contributed by atoms with Gasteiger partial charge in [-0.15, -0.1) is 17.9 Å². The Morgan fingerprint density at radius 1 is 1.55 bits per heavy atom. The van der Waals surface area contributed by atoms with Gasteiger partial charge in [0.05, 0.1) is 10.6 Å². The Hall–Kier alpha value is -1.60. The Balaban J connectivity index is 2.37. The van der Waals surface area contributed by atoms with Crippen molar-refractivity contribution in [3.8, 4) is 0 Å². The molecule has 0 aliphatic heterocycles. The molecule has 1 atom stereocenters. The van der Waals surface area contributed by atoms with Crippen molar-refractivity contribution in [2.75, 3.05) is 0 Å². The van der Waals surface area contributed by atoms with Crippen molar-refractivity contribution in [3.63, 3.8) is 0 Å². The Bertz CT molecular complexity index is 749. The highest BCUT2D eigenvalue weighted by Gasteiger charge is 2.19. The first-order valence-electron chi connectivity index (χ1n) is 7.00. The minimum Gasteiger partial charge on any atom is -0.353 e. The molecule has 22 heavy (non-hydrogen) atoms. The fourth-order valence-electron chi connectivity index (χ4n) is 1.92. The molecule has 0 fully saturated rings. The van der Waals surface area contributed by atoms with E-state index in [1.807, 2.05) is 26.2 Å². The normalized spacial score (nSPS) is 12.5. The van der Waals surface area contributed by atoms with Crippen LogP contribution in [0.15, 0.2) is 34.1 Å². The predicted molar refractivity (Wildman–Crippen MR) is 92.7 cm³/mol. The van der Waals surface area contributed by atoms with Crippen LogP contribution in [-0.4, -0.2) is 26.8 Å². The van der Waals surface area contributed by atoms with Crippen molar-refractivity contribution in [3.05, 3.63) is 34.5 Å². The van der Waals surface area contributed by atoms with E-state index in [0.29, 0.717) is 21.9 Å². The molecule has 5 nitrogen and oxygen atoms in total. The summed E-state index contributed by atoms with van der Waals surface area (Å²) >= 11 is 2.72. The van der Waals surface area contributed by atoms with Crippen molar-refractivity contribution in [2.45, 2.75) is 43.8 Å². The highest BCUT2D eigenvalue weighted by atomic mass is 32.2. The number of fused-ring (bicyclic) bond motifs is 1. The van der Waals surface area contributed by atoms with E-state index in [1.54, 1.807) is 16.7 Å². The van der Waals surface area contributed by atoms with Gasteiger partial charge in [-0.2, -0.15) is 0 Å². The van der Waals surface area contributed by atoms with Crippen LogP contribution in [0.3, 0.4) is 0 Å². The molecule has 0 saturated carbocycles. The van der Waals surface area contributed by atoms with Crippen LogP contribution >= 0.6 is 23.1 Å². The summed E-state index contributed by atoms with van der Waals surface area (Å²) in [5.74, 6) is -0.0642. The van der Waals surface area contributed by atoms with Gasteiger partial charge in [0.1, 0.15) is 4.83 Å². The van der Waals surface area contributed by atoms with Crippen molar-refractivity contribution in [2.24, 2.45) is 0 Å². The third kappa shape index (κ3) is 3.59.